The van der Waals surface area contributed by atoms with Crippen molar-refractivity contribution in [3.8, 4) is 0 Å². The summed E-state index contributed by atoms with van der Waals surface area (Å²) in [6.07, 6.45) is 41.4. The van der Waals surface area contributed by atoms with Crippen LogP contribution >= 0.6 is 0 Å². The molecule has 66 heavy (non-hydrogen) atoms. The Morgan fingerprint density at radius 1 is 0.515 bits per heavy atom. The minimum atomic E-state index is -5.06. The van der Waals surface area contributed by atoms with Gasteiger partial charge in [-0.05, 0) is 12.8 Å². The van der Waals surface area contributed by atoms with Gasteiger partial charge in [-0.25, -0.2) is 4.18 Å². The molecule has 13 heteroatoms. The van der Waals surface area contributed by atoms with Crippen LogP contribution in [0.2, 0.25) is 0 Å². The normalized spacial score (nSPS) is 19.4. The van der Waals surface area contributed by atoms with E-state index >= 15 is 0 Å². The number of esters is 1. The third-order valence-corrected chi connectivity index (χ3v) is 13.7. The first kappa shape index (κ1) is 63.1. The minimum absolute atomic E-state index is 0.0453. The van der Waals surface area contributed by atoms with Gasteiger partial charge in [0.25, 0.3) is 0 Å². The summed E-state index contributed by atoms with van der Waals surface area (Å²) in [5.41, 5.74) is 0. The lowest BCUT2D eigenvalue weighted by atomic mass is 9.99. The molecule has 0 aromatic carbocycles. The number of hydrogen-bond donors (Lipinski definition) is 4. The maximum absolute atomic E-state index is 12.9. The van der Waals surface area contributed by atoms with Crippen molar-refractivity contribution < 1.29 is 56.2 Å². The molecule has 0 saturated carbocycles. The highest BCUT2D eigenvalue weighted by molar-refractivity contribution is 7.80. The lowest BCUT2D eigenvalue weighted by molar-refractivity contribution is -0.301. The van der Waals surface area contributed by atoms with Crippen molar-refractivity contribution in [1.29, 1.82) is 0 Å². The predicted molar refractivity (Wildman–Crippen MR) is 267 cm³/mol. The van der Waals surface area contributed by atoms with E-state index in [0.717, 1.165) is 38.5 Å². The fourth-order valence-corrected chi connectivity index (χ4v) is 9.54. The largest absolute Gasteiger partial charge is 0.457 e. The molecule has 0 amide bonds. The van der Waals surface area contributed by atoms with Crippen molar-refractivity contribution in [3.63, 3.8) is 0 Å². The molecule has 1 aliphatic rings. The van der Waals surface area contributed by atoms with Crippen LogP contribution < -0.4 is 0 Å². The Bertz CT molecular complexity index is 1160. The monoisotopic (exact) mass is 965 g/mol. The number of unbranched alkanes of at least 4 members (excludes halogenated alkanes) is 37. The minimum Gasteiger partial charge on any atom is -0.457 e. The third-order valence-electron chi connectivity index (χ3n) is 13.2. The summed E-state index contributed by atoms with van der Waals surface area (Å²) in [6, 6.07) is 0. The molecule has 0 radical (unpaired) electrons. The zero-order chi connectivity index (χ0) is 48.2. The summed E-state index contributed by atoms with van der Waals surface area (Å²) in [5.74, 6) is -0.389. The maximum atomic E-state index is 12.9. The molecule has 6 unspecified atom stereocenters. The Balaban J connectivity index is 2.28. The van der Waals surface area contributed by atoms with E-state index in [1.165, 1.54) is 205 Å². The molecule has 1 fully saturated rings. The highest BCUT2D eigenvalue weighted by Crippen LogP contribution is 2.26. The molecule has 1 heterocycles. The Labute approximate surface area is 405 Å². The standard InChI is InChI=1S/C53H104O12S/c1-3-5-7-9-11-13-15-17-19-21-22-23-24-25-26-27-28-30-32-34-36-38-40-42-49(55)63-47(46-62-53-51(57)52(65-66(58,59)60)50(56)48(44-54)64-53)45-61-43-41-39-37-35-33-31-29-20-18-16-14-12-10-8-6-4-2/h47-48,50-54,56-57H,3-46H2,1-2H3,(H,58,59,60). The maximum Gasteiger partial charge on any atom is 0.397 e. The van der Waals surface area contributed by atoms with E-state index in [4.69, 9.17) is 18.9 Å². The molecular weight excluding hydrogens is 861 g/mol. The van der Waals surface area contributed by atoms with Gasteiger partial charge in [0, 0.05) is 13.0 Å². The SMILES string of the molecule is CCCCCCCCCCCCCCCCCCCCCCCCCC(=O)OC(COCCCCCCCCCCCCCCCCCC)COC1OC(CO)C(O)C(OS(=O)(=O)O)C1O. The van der Waals surface area contributed by atoms with Crippen molar-refractivity contribution in [3.05, 3.63) is 0 Å². The quantitative estimate of drug-likeness (QED) is 0.0258. The zero-order valence-electron chi connectivity index (χ0n) is 42.5. The van der Waals surface area contributed by atoms with Gasteiger partial charge in [-0.3, -0.25) is 9.35 Å². The second kappa shape index (κ2) is 45.3. The highest BCUT2D eigenvalue weighted by atomic mass is 32.3. The molecule has 0 spiro atoms. The first-order chi connectivity index (χ1) is 32.1. The van der Waals surface area contributed by atoms with Crippen LogP contribution in [-0.2, 0) is 38.3 Å². The van der Waals surface area contributed by atoms with E-state index in [1.54, 1.807) is 0 Å². The molecule has 0 bridgehead atoms. The molecule has 1 saturated heterocycles. The van der Waals surface area contributed by atoms with E-state index < -0.39 is 53.8 Å². The molecule has 4 N–H and O–H groups in total. The summed E-state index contributed by atoms with van der Waals surface area (Å²) in [6.45, 7) is 4.07. The number of aliphatic hydroxyl groups is 3. The fraction of sp³-hybridized carbons (Fsp3) is 0.981. The van der Waals surface area contributed by atoms with Gasteiger partial charge in [-0.15, -0.1) is 0 Å². The number of aliphatic hydroxyl groups excluding tert-OH is 3. The van der Waals surface area contributed by atoms with Crippen LogP contribution in [0.25, 0.3) is 0 Å². The number of hydrogen-bond acceptors (Lipinski definition) is 11. The zero-order valence-corrected chi connectivity index (χ0v) is 43.4. The van der Waals surface area contributed by atoms with E-state index in [9.17, 15) is 33.1 Å². The number of carbonyl (C=O) groups excluding carboxylic acids is 1. The van der Waals surface area contributed by atoms with Crippen LogP contribution in [0, 0.1) is 0 Å². The van der Waals surface area contributed by atoms with Crippen molar-refractivity contribution in [2.24, 2.45) is 0 Å². The van der Waals surface area contributed by atoms with Gasteiger partial charge >= 0.3 is 16.4 Å². The van der Waals surface area contributed by atoms with Crippen molar-refractivity contribution in [2.45, 2.75) is 307 Å². The number of ether oxygens (including phenoxy) is 4. The van der Waals surface area contributed by atoms with Gasteiger partial charge in [0.2, 0.25) is 0 Å². The number of rotatable bonds is 50. The van der Waals surface area contributed by atoms with Gasteiger partial charge in [-0.2, -0.15) is 8.42 Å². The second-order valence-electron chi connectivity index (χ2n) is 19.5. The van der Waals surface area contributed by atoms with Crippen LogP contribution in [0.4, 0.5) is 0 Å². The molecule has 0 aromatic heterocycles. The van der Waals surface area contributed by atoms with E-state index in [1.807, 2.05) is 0 Å². The van der Waals surface area contributed by atoms with E-state index in [0.29, 0.717) is 13.0 Å². The molecule has 12 nitrogen and oxygen atoms in total. The van der Waals surface area contributed by atoms with Crippen LogP contribution in [0.3, 0.4) is 0 Å². The number of carbonyl (C=O) groups is 1. The molecule has 6 atom stereocenters. The molecule has 1 aliphatic heterocycles. The van der Waals surface area contributed by atoms with Gasteiger partial charge in [-0.1, -0.05) is 251 Å². The Kier molecular flexibility index (Phi) is 43.3. The topological polar surface area (TPSA) is 178 Å². The summed E-state index contributed by atoms with van der Waals surface area (Å²) >= 11 is 0. The van der Waals surface area contributed by atoms with Gasteiger partial charge < -0.3 is 34.3 Å². The molecule has 0 aliphatic carbocycles. The third kappa shape index (κ3) is 37.9. The summed E-state index contributed by atoms with van der Waals surface area (Å²) in [4.78, 5) is 12.9. The molecule has 394 valence electrons. The summed E-state index contributed by atoms with van der Waals surface area (Å²) in [7, 11) is -5.06. The average Bonchev–Trinajstić information content (AvgIpc) is 3.29. The van der Waals surface area contributed by atoms with Crippen LogP contribution in [0.1, 0.15) is 271 Å². The van der Waals surface area contributed by atoms with Crippen molar-refractivity contribution >= 4 is 16.4 Å². The van der Waals surface area contributed by atoms with Crippen molar-refractivity contribution in [1.82, 2.24) is 0 Å². The van der Waals surface area contributed by atoms with E-state index in [2.05, 4.69) is 18.0 Å². The van der Waals surface area contributed by atoms with Crippen LogP contribution in [-0.4, -0.2) is 97.5 Å². The molecular formula is C53H104O12S. The summed E-state index contributed by atoms with van der Waals surface area (Å²) < 4.78 is 59.3. The predicted octanol–water partition coefficient (Wildman–Crippen LogP) is 13.2. The smallest absolute Gasteiger partial charge is 0.397 e. The van der Waals surface area contributed by atoms with Crippen LogP contribution in [0.15, 0.2) is 0 Å². The molecule has 1 rings (SSSR count). The Morgan fingerprint density at radius 3 is 1.21 bits per heavy atom. The van der Waals surface area contributed by atoms with Gasteiger partial charge in [0.15, 0.2) is 6.29 Å². The second-order valence-corrected chi connectivity index (χ2v) is 20.6. The lowest BCUT2D eigenvalue weighted by Gasteiger charge is -2.41. The highest BCUT2D eigenvalue weighted by Gasteiger charge is 2.48. The summed E-state index contributed by atoms with van der Waals surface area (Å²) in [5, 5.41) is 30.8. The molecule has 0 aromatic rings. The first-order valence-electron chi connectivity index (χ1n) is 27.8. The lowest BCUT2D eigenvalue weighted by Crippen LogP contribution is -2.60. The average molecular weight is 965 g/mol. The van der Waals surface area contributed by atoms with Crippen LogP contribution in [0.5, 0.6) is 0 Å². The van der Waals surface area contributed by atoms with E-state index in [-0.39, 0.29) is 25.6 Å². The Hall–Kier alpha value is -0.900. The van der Waals surface area contributed by atoms with Crippen molar-refractivity contribution in [2.75, 3.05) is 26.4 Å². The van der Waals surface area contributed by atoms with Gasteiger partial charge in [0.05, 0.1) is 19.8 Å². The Morgan fingerprint density at radius 2 is 0.864 bits per heavy atom. The fourth-order valence-electron chi connectivity index (χ4n) is 9.03. The van der Waals surface area contributed by atoms with Gasteiger partial charge in [0.1, 0.15) is 30.5 Å². The first-order valence-corrected chi connectivity index (χ1v) is 29.2.